The molecular weight excluding hydrogens is 406 g/mol. The van der Waals surface area contributed by atoms with Gasteiger partial charge >= 0.3 is 0 Å². The topological polar surface area (TPSA) is 66.4 Å². The fraction of sp³-hybridized carbons (Fsp3) is 0.286. The van der Waals surface area contributed by atoms with Crippen molar-refractivity contribution >= 4 is 33.0 Å². The van der Waals surface area contributed by atoms with Crippen molar-refractivity contribution in [1.82, 2.24) is 4.72 Å². The zero-order chi connectivity index (χ0) is 18.8. The molecule has 0 aliphatic heterocycles. The van der Waals surface area contributed by atoms with Gasteiger partial charge < -0.3 is 5.11 Å². The molecule has 1 heterocycles. The maximum Gasteiger partial charge on any atom is 0.277 e. The number of alkyl halides is 3. The highest BCUT2D eigenvalue weighted by molar-refractivity contribution is 7.91. The van der Waals surface area contributed by atoms with E-state index < -0.39 is 46.1 Å². The van der Waals surface area contributed by atoms with E-state index in [-0.39, 0.29) is 8.55 Å². The van der Waals surface area contributed by atoms with Crippen LogP contribution in [0.15, 0.2) is 40.6 Å². The van der Waals surface area contributed by atoms with Crippen LogP contribution in [0.2, 0.25) is 4.34 Å². The fourth-order valence-electron chi connectivity index (χ4n) is 2.13. The molecule has 0 amide bonds. The minimum Gasteiger partial charge on any atom is -0.395 e. The Morgan fingerprint density at radius 2 is 1.80 bits per heavy atom. The molecule has 25 heavy (non-hydrogen) atoms. The van der Waals surface area contributed by atoms with Crippen molar-refractivity contribution in [3.05, 3.63) is 52.1 Å². The third kappa shape index (κ3) is 4.14. The number of halogens is 5. The van der Waals surface area contributed by atoms with Gasteiger partial charge in [0, 0.05) is 0 Å². The average molecular weight is 418 g/mol. The van der Waals surface area contributed by atoms with E-state index in [1.807, 2.05) is 0 Å². The number of benzene rings is 1. The Balaban J connectivity index is 2.42. The quantitative estimate of drug-likeness (QED) is 0.679. The van der Waals surface area contributed by atoms with E-state index in [9.17, 15) is 26.7 Å². The van der Waals surface area contributed by atoms with Gasteiger partial charge in [-0.15, -0.1) is 11.3 Å². The second-order valence-corrected chi connectivity index (χ2v) is 8.65. The molecule has 0 spiro atoms. The standard InChI is InChI=1S/C14H12ClF4NO3S2/c15-11-5-6-12(24-11)25(22,23)20-10(7-21)14(19,13(17)18)8-1-3-9(16)4-2-8/h1-6,10,13,20-21H,7H2/t10-,14-/m0/s1. The van der Waals surface area contributed by atoms with Crippen molar-refractivity contribution < 1.29 is 31.1 Å². The molecule has 0 radical (unpaired) electrons. The van der Waals surface area contributed by atoms with Crippen LogP contribution in [0.1, 0.15) is 5.56 Å². The lowest BCUT2D eigenvalue weighted by Gasteiger charge is -2.32. The van der Waals surface area contributed by atoms with Crippen molar-refractivity contribution in [3.63, 3.8) is 0 Å². The van der Waals surface area contributed by atoms with Crippen LogP contribution in [-0.2, 0) is 15.7 Å². The molecule has 11 heteroatoms. The first-order chi connectivity index (χ1) is 11.6. The summed E-state index contributed by atoms with van der Waals surface area (Å²) in [5, 5.41) is 9.34. The predicted molar refractivity (Wildman–Crippen MR) is 85.7 cm³/mol. The third-order valence-corrected chi connectivity index (χ3v) is 6.60. The molecular formula is C14H12ClF4NO3S2. The maximum absolute atomic E-state index is 15.1. The monoisotopic (exact) mass is 417 g/mol. The van der Waals surface area contributed by atoms with Crippen LogP contribution in [0, 0.1) is 5.82 Å². The molecule has 0 aliphatic rings. The number of hydrogen-bond donors (Lipinski definition) is 2. The summed E-state index contributed by atoms with van der Waals surface area (Å²) in [6, 6.07) is 3.22. The van der Waals surface area contributed by atoms with Crippen LogP contribution in [0.3, 0.4) is 0 Å². The predicted octanol–water partition coefficient (Wildman–Crippen LogP) is 3.31. The Hall–Kier alpha value is -1.20. The molecule has 2 N–H and O–H groups in total. The van der Waals surface area contributed by atoms with Gasteiger partial charge in [0.25, 0.3) is 16.4 Å². The molecule has 1 aromatic carbocycles. The van der Waals surface area contributed by atoms with Gasteiger partial charge in [-0.25, -0.2) is 30.7 Å². The summed E-state index contributed by atoms with van der Waals surface area (Å²) in [5.74, 6) is -0.783. The van der Waals surface area contributed by atoms with Crippen LogP contribution in [0.4, 0.5) is 17.6 Å². The number of sulfonamides is 1. The molecule has 0 saturated heterocycles. The van der Waals surface area contributed by atoms with Gasteiger partial charge in [0.15, 0.2) is 0 Å². The van der Waals surface area contributed by atoms with Gasteiger partial charge in [0.05, 0.1) is 17.0 Å². The Morgan fingerprint density at radius 3 is 2.24 bits per heavy atom. The van der Waals surface area contributed by atoms with Crippen LogP contribution >= 0.6 is 22.9 Å². The Bertz CT molecular complexity index is 829. The van der Waals surface area contributed by atoms with Crippen molar-refractivity contribution in [2.75, 3.05) is 6.61 Å². The van der Waals surface area contributed by atoms with Crippen molar-refractivity contribution in [2.45, 2.75) is 22.3 Å². The molecule has 0 bridgehead atoms. The number of rotatable bonds is 7. The van der Waals surface area contributed by atoms with E-state index in [1.165, 1.54) is 6.07 Å². The highest BCUT2D eigenvalue weighted by Crippen LogP contribution is 2.37. The van der Waals surface area contributed by atoms with Crippen LogP contribution in [0.25, 0.3) is 0 Å². The van der Waals surface area contributed by atoms with Crippen LogP contribution in [-0.4, -0.2) is 32.6 Å². The van der Waals surface area contributed by atoms with E-state index in [2.05, 4.69) is 0 Å². The summed E-state index contributed by atoms with van der Waals surface area (Å²) in [6.45, 7) is -1.25. The summed E-state index contributed by atoms with van der Waals surface area (Å²) in [5.41, 5.74) is -4.24. The van der Waals surface area contributed by atoms with E-state index in [0.29, 0.717) is 11.3 Å². The van der Waals surface area contributed by atoms with Gasteiger partial charge in [0.1, 0.15) is 10.0 Å². The number of nitrogens with one attached hydrogen (secondary N) is 1. The van der Waals surface area contributed by atoms with E-state index >= 15 is 4.39 Å². The van der Waals surface area contributed by atoms with Gasteiger partial charge in [-0.05, 0) is 29.8 Å². The van der Waals surface area contributed by atoms with Crippen LogP contribution in [0.5, 0.6) is 0 Å². The molecule has 138 valence electrons. The highest BCUT2D eigenvalue weighted by atomic mass is 35.5. The second kappa shape index (κ2) is 7.58. The number of aliphatic hydroxyl groups is 1. The summed E-state index contributed by atoms with van der Waals surface area (Å²) >= 11 is 6.27. The molecule has 1 aromatic heterocycles. The minimum absolute atomic E-state index is 0.125. The summed E-state index contributed by atoms with van der Waals surface area (Å²) in [6.07, 6.45) is -3.69. The molecule has 0 unspecified atom stereocenters. The lowest BCUT2D eigenvalue weighted by molar-refractivity contribution is -0.0697. The molecule has 0 fully saturated rings. The average Bonchev–Trinajstić information content (AvgIpc) is 3.00. The van der Waals surface area contributed by atoms with Crippen molar-refractivity contribution in [2.24, 2.45) is 0 Å². The first-order valence-electron chi connectivity index (χ1n) is 6.73. The summed E-state index contributed by atoms with van der Waals surface area (Å²) in [4.78, 5) is 0. The largest absolute Gasteiger partial charge is 0.395 e. The lowest BCUT2D eigenvalue weighted by atomic mass is 9.89. The molecule has 0 aliphatic carbocycles. The Morgan fingerprint density at radius 1 is 1.20 bits per heavy atom. The third-order valence-electron chi connectivity index (χ3n) is 3.40. The number of aliphatic hydroxyl groups excluding tert-OH is 1. The van der Waals surface area contributed by atoms with Gasteiger partial charge in [-0.2, -0.15) is 0 Å². The maximum atomic E-state index is 15.1. The summed E-state index contributed by atoms with van der Waals surface area (Å²) in [7, 11) is -4.41. The molecule has 4 nitrogen and oxygen atoms in total. The first kappa shape index (κ1) is 20.1. The molecule has 2 aromatic rings. The highest BCUT2D eigenvalue weighted by Gasteiger charge is 2.51. The van der Waals surface area contributed by atoms with Crippen molar-refractivity contribution in [1.29, 1.82) is 0 Å². The van der Waals surface area contributed by atoms with Crippen LogP contribution < -0.4 is 4.72 Å². The molecule has 2 rings (SSSR count). The minimum atomic E-state index is -4.41. The zero-order valence-electron chi connectivity index (χ0n) is 12.3. The number of thiophene rings is 1. The zero-order valence-corrected chi connectivity index (χ0v) is 14.7. The lowest BCUT2D eigenvalue weighted by Crippen LogP contribution is -2.53. The Labute approximate surface area is 150 Å². The summed E-state index contributed by atoms with van der Waals surface area (Å²) < 4.78 is 81.0. The van der Waals surface area contributed by atoms with Crippen molar-refractivity contribution in [3.8, 4) is 0 Å². The Kier molecular flexibility index (Phi) is 6.10. The van der Waals surface area contributed by atoms with E-state index in [0.717, 1.165) is 30.3 Å². The van der Waals surface area contributed by atoms with Gasteiger partial charge in [-0.3, -0.25) is 0 Å². The normalized spacial score (nSPS) is 16.0. The molecule has 0 saturated carbocycles. The first-order valence-corrected chi connectivity index (χ1v) is 9.40. The molecule has 2 atom stereocenters. The number of hydrogen-bond acceptors (Lipinski definition) is 4. The van der Waals surface area contributed by atoms with E-state index in [4.69, 9.17) is 11.6 Å². The van der Waals surface area contributed by atoms with Gasteiger partial charge in [0.2, 0.25) is 5.67 Å². The SMILES string of the molecule is O=S(=O)(N[C@@H](CO)[C@@](F)(c1ccc(F)cc1)C(F)F)c1ccc(Cl)s1. The smallest absolute Gasteiger partial charge is 0.277 e. The van der Waals surface area contributed by atoms with Gasteiger partial charge in [-0.1, -0.05) is 23.7 Å². The second-order valence-electron chi connectivity index (χ2n) is 4.99. The fourth-order valence-corrected chi connectivity index (χ4v) is 4.88. The van der Waals surface area contributed by atoms with E-state index in [1.54, 1.807) is 4.72 Å².